The van der Waals surface area contributed by atoms with Crippen molar-refractivity contribution in [2.75, 3.05) is 5.32 Å². The van der Waals surface area contributed by atoms with Crippen molar-refractivity contribution in [3.05, 3.63) is 36.0 Å². The summed E-state index contributed by atoms with van der Waals surface area (Å²) in [4.78, 5) is 25.8. The number of hydrogen-bond acceptors (Lipinski definition) is 3. The van der Waals surface area contributed by atoms with Crippen LogP contribution in [0.3, 0.4) is 0 Å². The van der Waals surface area contributed by atoms with E-state index in [4.69, 9.17) is 10.8 Å². The number of rotatable bonds is 2. The van der Waals surface area contributed by atoms with Crippen molar-refractivity contribution in [1.29, 1.82) is 0 Å². The lowest BCUT2D eigenvalue weighted by Gasteiger charge is -2.07. The SMILES string of the molecule is NC(=O)Nc1cc(C(=O)O)cc2cccnc12. The summed E-state index contributed by atoms with van der Waals surface area (Å²) in [5.41, 5.74) is 5.86. The number of nitrogens with two attached hydrogens (primary N) is 1. The number of aromatic nitrogens is 1. The summed E-state index contributed by atoms with van der Waals surface area (Å²) in [7, 11) is 0. The number of pyridine rings is 1. The quantitative estimate of drug-likeness (QED) is 0.726. The number of nitrogens with zero attached hydrogens (tertiary/aromatic N) is 1. The summed E-state index contributed by atoms with van der Waals surface area (Å²) < 4.78 is 0. The normalized spacial score (nSPS) is 10.1. The molecule has 0 bridgehead atoms. The second-order valence-electron chi connectivity index (χ2n) is 3.39. The van der Waals surface area contributed by atoms with Crippen molar-refractivity contribution in [1.82, 2.24) is 4.98 Å². The van der Waals surface area contributed by atoms with Gasteiger partial charge in [-0.1, -0.05) is 6.07 Å². The summed E-state index contributed by atoms with van der Waals surface area (Å²) in [5.74, 6) is -1.08. The molecule has 6 nitrogen and oxygen atoms in total. The van der Waals surface area contributed by atoms with Gasteiger partial charge in [0, 0.05) is 11.6 Å². The zero-order valence-corrected chi connectivity index (χ0v) is 8.68. The van der Waals surface area contributed by atoms with Crippen LogP contribution < -0.4 is 11.1 Å². The van der Waals surface area contributed by atoms with Gasteiger partial charge in [0.15, 0.2) is 0 Å². The van der Waals surface area contributed by atoms with Crippen LogP contribution in [0.4, 0.5) is 10.5 Å². The van der Waals surface area contributed by atoms with Crippen molar-refractivity contribution in [3.8, 4) is 0 Å². The average Bonchev–Trinajstić information content (AvgIpc) is 2.28. The number of carboxylic acid groups (broad SMARTS) is 1. The summed E-state index contributed by atoms with van der Waals surface area (Å²) in [6.07, 6.45) is 1.55. The molecule has 1 aromatic heterocycles. The van der Waals surface area contributed by atoms with E-state index < -0.39 is 12.0 Å². The predicted octanol–water partition coefficient (Wildman–Crippen LogP) is 1.42. The first-order valence-electron chi connectivity index (χ1n) is 4.76. The molecule has 0 saturated heterocycles. The van der Waals surface area contributed by atoms with Crippen molar-refractivity contribution >= 4 is 28.6 Å². The molecule has 0 saturated carbocycles. The number of carbonyl (C=O) groups is 2. The number of benzene rings is 1. The van der Waals surface area contributed by atoms with Gasteiger partial charge in [-0.05, 0) is 18.2 Å². The minimum absolute atomic E-state index is 0.0641. The Hall–Kier alpha value is -2.63. The number of carboxylic acids is 1. The monoisotopic (exact) mass is 231 g/mol. The predicted molar refractivity (Wildman–Crippen MR) is 61.9 cm³/mol. The van der Waals surface area contributed by atoms with Crippen molar-refractivity contribution in [2.45, 2.75) is 0 Å². The van der Waals surface area contributed by atoms with E-state index in [9.17, 15) is 9.59 Å². The Morgan fingerprint density at radius 1 is 1.35 bits per heavy atom. The Balaban J connectivity index is 2.68. The number of carbonyl (C=O) groups excluding carboxylic acids is 1. The number of anilines is 1. The van der Waals surface area contributed by atoms with E-state index >= 15 is 0 Å². The minimum Gasteiger partial charge on any atom is -0.478 e. The van der Waals surface area contributed by atoms with Crippen LogP contribution in [-0.4, -0.2) is 22.1 Å². The Morgan fingerprint density at radius 3 is 2.76 bits per heavy atom. The standard InChI is InChI=1S/C11H9N3O3/c12-11(17)14-8-5-7(10(15)16)4-6-2-1-3-13-9(6)8/h1-5H,(H,15,16)(H3,12,14,17). The van der Waals surface area contributed by atoms with Gasteiger partial charge < -0.3 is 16.2 Å². The van der Waals surface area contributed by atoms with Gasteiger partial charge in [0.25, 0.3) is 0 Å². The molecule has 0 aliphatic carbocycles. The molecule has 2 aromatic rings. The molecule has 1 aromatic carbocycles. The number of urea groups is 1. The molecule has 0 aliphatic heterocycles. The second-order valence-corrected chi connectivity index (χ2v) is 3.39. The molecule has 0 aliphatic rings. The first-order valence-corrected chi connectivity index (χ1v) is 4.76. The lowest BCUT2D eigenvalue weighted by Crippen LogP contribution is -2.20. The van der Waals surface area contributed by atoms with Gasteiger partial charge in [-0.15, -0.1) is 0 Å². The van der Waals surface area contributed by atoms with Gasteiger partial charge in [0.1, 0.15) is 0 Å². The van der Waals surface area contributed by atoms with Crippen LogP contribution in [0.25, 0.3) is 10.9 Å². The van der Waals surface area contributed by atoms with Crippen LogP contribution in [0.2, 0.25) is 0 Å². The molecule has 1 heterocycles. The van der Waals surface area contributed by atoms with Crippen LogP contribution in [-0.2, 0) is 0 Å². The number of amides is 2. The van der Waals surface area contributed by atoms with E-state index in [1.165, 1.54) is 12.1 Å². The van der Waals surface area contributed by atoms with Crippen molar-refractivity contribution in [2.24, 2.45) is 5.73 Å². The summed E-state index contributed by atoms with van der Waals surface area (Å²) >= 11 is 0. The topological polar surface area (TPSA) is 105 Å². The molecule has 0 atom stereocenters. The van der Waals surface area contributed by atoms with E-state index in [0.29, 0.717) is 10.9 Å². The highest BCUT2D eigenvalue weighted by Gasteiger charge is 2.10. The number of nitrogens with one attached hydrogen (secondary N) is 1. The van der Waals surface area contributed by atoms with Crippen molar-refractivity contribution < 1.29 is 14.7 Å². The Bertz CT molecular complexity index is 610. The van der Waals surface area contributed by atoms with Crippen LogP contribution in [0.1, 0.15) is 10.4 Å². The van der Waals surface area contributed by atoms with Crippen LogP contribution in [0.5, 0.6) is 0 Å². The molecule has 0 fully saturated rings. The van der Waals surface area contributed by atoms with Crippen LogP contribution >= 0.6 is 0 Å². The summed E-state index contributed by atoms with van der Waals surface area (Å²) in [6.45, 7) is 0. The number of primary amides is 1. The number of aromatic carboxylic acids is 1. The van der Waals surface area contributed by atoms with E-state index in [-0.39, 0.29) is 11.3 Å². The van der Waals surface area contributed by atoms with Gasteiger partial charge in [0.05, 0.1) is 16.8 Å². The van der Waals surface area contributed by atoms with Gasteiger partial charge in [-0.3, -0.25) is 4.98 Å². The molecule has 17 heavy (non-hydrogen) atoms. The van der Waals surface area contributed by atoms with Gasteiger partial charge in [0.2, 0.25) is 0 Å². The molecule has 6 heteroatoms. The fraction of sp³-hybridized carbons (Fsp3) is 0. The molecule has 2 rings (SSSR count). The van der Waals surface area contributed by atoms with Crippen LogP contribution in [0.15, 0.2) is 30.5 Å². The first-order chi connectivity index (χ1) is 8.08. The Morgan fingerprint density at radius 2 is 2.12 bits per heavy atom. The first kappa shape index (κ1) is 10.9. The molecule has 0 unspecified atom stereocenters. The Kier molecular flexibility index (Phi) is 2.61. The highest BCUT2D eigenvalue weighted by molar-refractivity contribution is 6.03. The van der Waals surface area contributed by atoms with E-state index in [2.05, 4.69) is 10.3 Å². The molecular weight excluding hydrogens is 222 g/mol. The largest absolute Gasteiger partial charge is 0.478 e. The fourth-order valence-corrected chi connectivity index (χ4v) is 1.54. The lowest BCUT2D eigenvalue weighted by atomic mass is 10.1. The zero-order valence-electron chi connectivity index (χ0n) is 8.68. The molecule has 86 valence electrons. The highest BCUT2D eigenvalue weighted by atomic mass is 16.4. The number of fused-ring (bicyclic) bond motifs is 1. The van der Waals surface area contributed by atoms with Gasteiger partial charge in [-0.25, -0.2) is 9.59 Å². The molecule has 4 N–H and O–H groups in total. The summed E-state index contributed by atoms with van der Waals surface area (Å²) in [6, 6.07) is 5.43. The maximum Gasteiger partial charge on any atom is 0.335 e. The molecular formula is C11H9N3O3. The maximum absolute atomic E-state index is 10.9. The van der Waals surface area contributed by atoms with E-state index in [0.717, 1.165) is 0 Å². The van der Waals surface area contributed by atoms with E-state index in [1.807, 2.05) is 0 Å². The maximum atomic E-state index is 10.9. The molecule has 0 spiro atoms. The third-order valence-electron chi connectivity index (χ3n) is 2.21. The summed E-state index contributed by atoms with van der Waals surface area (Å²) in [5, 5.41) is 11.9. The fourth-order valence-electron chi connectivity index (χ4n) is 1.54. The molecule has 0 radical (unpaired) electrons. The lowest BCUT2D eigenvalue weighted by molar-refractivity contribution is 0.0697. The van der Waals surface area contributed by atoms with Gasteiger partial charge in [-0.2, -0.15) is 0 Å². The highest BCUT2D eigenvalue weighted by Crippen LogP contribution is 2.23. The zero-order chi connectivity index (χ0) is 12.4. The van der Waals surface area contributed by atoms with Crippen molar-refractivity contribution in [3.63, 3.8) is 0 Å². The third-order valence-corrected chi connectivity index (χ3v) is 2.21. The minimum atomic E-state index is -1.08. The smallest absolute Gasteiger partial charge is 0.335 e. The third kappa shape index (κ3) is 2.15. The van der Waals surface area contributed by atoms with Gasteiger partial charge >= 0.3 is 12.0 Å². The molecule has 2 amide bonds. The number of hydrogen-bond donors (Lipinski definition) is 3. The van der Waals surface area contributed by atoms with E-state index in [1.54, 1.807) is 18.3 Å². The average molecular weight is 231 g/mol. The Labute approximate surface area is 96.1 Å². The van der Waals surface area contributed by atoms with Crippen LogP contribution in [0, 0.1) is 0 Å². The second kappa shape index (κ2) is 4.09.